The number of fused-ring (bicyclic) bond motifs is 1. The van der Waals surface area contributed by atoms with Crippen molar-refractivity contribution in [3.63, 3.8) is 0 Å². The van der Waals surface area contributed by atoms with Crippen LogP contribution in [0.5, 0.6) is 11.5 Å². The van der Waals surface area contributed by atoms with Crippen LogP contribution in [0.1, 0.15) is 49.5 Å². The number of phenolic OH excluding ortho intramolecular Hbond substituents is 1. The monoisotopic (exact) mass is 318 g/mol. The summed E-state index contributed by atoms with van der Waals surface area (Å²) in [6, 6.07) is 3.11. The van der Waals surface area contributed by atoms with Crippen molar-refractivity contribution < 1.29 is 24.2 Å². The van der Waals surface area contributed by atoms with Crippen LogP contribution in [0.25, 0.3) is 0 Å². The van der Waals surface area contributed by atoms with Gasteiger partial charge in [-0.05, 0) is 38.5 Å². The summed E-state index contributed by atoms with van der Waals surface area (Å²) in [7, 11) is 0. The van der Waals surface area contributed by atoms with Gasteiger partial charge in [0, 0.05) is 11.6 Å². The molecule has 0 saturated heterocycles. The lowest BCUT2D eigenvalue weighted by Gasteiger charge is -2.34. The highest BCUT2D eigenvalue weighted by Gasteiger charge is 2.36. The molecule has 0 saturated carbocycles. The molecule has 1 N–H and O–H groups in total. The average molecular weight is 318 g/mol. The lowest BCUT2D eigenvalue weighted by molar-refractivity contribution is -0.137. The number of esters is 1. The molecule has 1 aliphatic heterocycles. The Hall–Kier alpha value is -2.30. The van der Waals surface area contributed by atoms with E-state index < -0.39 is 11.6 Å². The number of carbonyl (C=O) groups excluding carboxylic acids is 2. The zero-order valence-corrected chi connectivity index (χ0v) is 13.7. The van der Waals surface area contributed by atoms with Gasteiger partial charge in [0.2, 0.25) is 0 Å². The van der Waals surface area contributed by atoms with E-state index in [0.29, 0.717) is 23.3 Å². The van der Waals surface area contributed by atoms with E-state index in [0.717, 1.165) is 6.42 Å². The molecule has 1 aromatic carbocycles. The molecule has 124 valence electrons. The summed E-state index contributed by atoms with van der Waals surface area (Å²) < 4.78 is 10.9. The molecule has 0 aliphatic carbocycles. The third-order valence-electron chi connectivity index (χ3n) is 3.74. The molecule has 0 bridgehead atoms. The number of ketones is 1. The van der Waals surface area contributed by atoms with E-state index in [1.807, 2.05) is 6.92 Å². The fourth-order valence-electron chi connectivity index (χ4n) is 2.66. The fraction of sp³-hybridized carbons (Fsp3) is 0.444. The second-order valence-corrected chi connectivity index (χ2v) is 5.79. The number of carbonyl (C=O) groups is 2. The Morgan fingerprint density at radius 3 is 2.83 bits per heavy atom. The number of aromatic hydroxyl groups is 1. The second kappa shape index (κ2) is 6.86. The van der Waals surface area contributed by atoms with E-state index in [1.165, 1.54) is 12.1 Å². The van der Waals surface area contributed by atoms with Crippen LogP contribution in [0.4, 0.5) is 0 Å². The summed E-state index contributed by atoms with van der Waals surface area (Å²) in [5.74, 6) is -0.00370. The Labute approximate surface area is 135 Å². The minimum absolute atomic E-state index is 0.0698. The summed E-state index contributed by atoms with van der Waals surface area (Å²) in [4.78, 5) is 23.9. The third kappa shape index (κ3) is 3.73. The highest BCUT2D eigenvalue weighted by Crippen LogP contribution is 2.40. The zero-order valence-electron chi connectivity index (χ0n) is 13.7. The van der Waals surface area contributed by atoms with Gasteiger partial charge < -0.3 is 14.6 Å². The molecular formula is C18H22O5. The predicted molar refractivity (Wildman–Crippen MR) is 85.9 cm³/mol. The van der Waals surface area contributed by atoms with Crippen LogP contribution >= 0.6 is 0 Å². The van der Waals surface area contributed by atoms with Gasteiger partial charge >= 0.3 is 5.97 Å². The van der Waals surface area contributed by atoms with Gasteiger partial charge in [-0.3, -0.25) is 4.79 Å². The number of Topliss-reactive ketones (excluding diaryl/α,β-unsaturated/α-hetero) is 1. The van der Waals surface area contributed by atoms with Crippen molar-refractivity contribution in [1.29, 1.82) is 0 Å². The third-order valence-corrected chi connectivity index (χ3v) is 3.74. The maximum Gasteiger partial charge on any atom is 0.330 e. The SMILES string of the molecule is CCCc1c(O)ccc2c1O[C@](C)(C=CC(=O)OCC)CC2=O. The number of benzene rings is 1. The molecule has 1 aliphatic rings. The smallest absolute Gasteiger partial charge is 0.330 e. The summed E-state index contributed by atoms with van der Waals surface area (Å²) in [5, 5.41) is 10.1. The predicted octanol–water partition coefficient (Wildman–Crippen LogP) is 3.19. The minimum Gasteiger partial charge on any atom is -0.508 e. The van der Waals surface area contributed by atoms with Crippen LogP contribution in [0.3, 0.4) is 0 Å². The van der Waals surface area contributed by atoms with Crippen molar-refractivity contribution in [2.24, 2.45) is 0 Å². The van der Waals surface area contributed by atoms with Gasteiger partial charge in [-0.2, -0.15) is 0 Å². The van der Waals surface area contributed by atoms with Gasteiger partial charge in [-0.25, -0.2) is 4.79 Å². The number of ether oxygens (including phenoxy) is 2. The summed E-state index contributed by atoms with van der Waals surface area (Å²) in [6.07, 6.45) is 4.39. The Kier molecular flexibility index (Phi) is 5.08. The minimum atomic E-state index is -0.937. The lowest BCUT2D eigenvalue weighted by Crippen LogP contribution is -2.38. The molecule has 0 aromatic heterocycles. The molecule has 5 nitrogen and oxygen atoms in total. The molecular weight excluding hydrogens is 296 g/mol. The Morgan fingerprint density at radius 2 is 2.17 bits per heavy atom. The first kappa shape index (κ1) is 17.1. The van der Waals surface area contributed by atoms with Gasteiger partial charge in [0.25, 0.3) is 0 Å². The standard InChI is InChI=1S/C18H22O5/c1-4-6-12-14(19)8-7-13-15(20)11-18(3,23-17(12)13)10-9-16(21)22-5-2/h7-10,19H,4-6,11H2,1-3H3/t18-/m1/s1. The maximum atomic E-state index is 12.4. The van der Waals surface area contributed by atoms with Crippen LogP contribution in [0.2, 0.25) is 0 Å². The topological polar surface area (TPSA) is 72.8 Å². The van der Waals surface area contributed by atoms with Crippen molar-refractivity contribution in [3.8, 4) is 11.5 Å². The maximum absolute atomic E-state index is 12.4. The first-order valence-electron chi connectivity index (χ1n) is 7.83. The molecule has 1 aromatic rings. The van der Waals surface area contributed by atoms with Crippen LogP contribution in [0.15, 0.2) is 24.3 Å². The molecule has 1 atom stereocenters. The summed E-state index contributed by atoms with van der Waals surface area (Å²) in [5.41, 5.74) is 0.176. The molecule has 5 heteroatoms. The first-order chi connectivity index (χ1) is 10.9. The number of rotatable bonds is 5. The van der Waals surface area contributed by atoms with E-state index in [-0.39, 0.29) is 24.6 Å². The number of hydrogen-bond acceptors (Lipinski definition) is 5. The van der Waals surface area contributed by atoms with E-state index in [2.05, 4.69) is 0 Å². The van der Waals surface area contributed by atoms with E-state index in [4.69, 9.17) is 9.47 Å². The van der Waals surface area contributed by atoms with Crippen molar-refractivity contribution in [3.05, 3.63) is 35.4 Å². The Morgan fingerprint density at radius 1 is 1.43 bits per heavy atom. The molecule has 0 radical (unpaired) electrons. The summed E-state index contributed by atoms with van der Waals surface area (Å²) >= 11 is 0. The zero-order chi connectivity index (χ0) is 17.0. The van der Waals surface area contributed by atoms with Crippen molar-refractivity contribution >= 4 is 11.8 Å². The molecule has 0 unspecified atom stereocenters. The van der Waals surface area contributed by atoms with Crippen LogP contribution in [-0.2, 0) is 16.0 Å². The fourth-order valence-corrected chi connectivity index (χ4v) is 2.66. The van der Waals surface area contributed by atoms with Gasteiger partial charge in [-0.15, -0.1) is 0 Å². The number of hydrogen-bond donors (Lipinski definition) is 1. The largest absolute Gasteiger partial charge is 0.508 e. The van der Waals surface area contributed by atoms with Gasteiger partial charge in [-0.1, -0.05) is 13.3 Å². The van der Waals surface area contributed by atoms with Crippen LogP contribution in [0, 0.1) is 0 Å². The molecule has 0 amide bonds. The summed E-state index contributed by atoms with van der Waals surface area (Å²) in [6.45, 7) is 5.74. The highest BCUT2D eigenvalue weighted by molar-refractivity contribution is 6.01. The van der Waals surface area contributed by atoms with Gasteiger partial charge in [0.1, 0.15) is 17.1 Å². The van der Waals surface area contributed by atoms with Crippen molar-refractivity contribution in [2.45, 2.75) is 45.6 Å². The second-order valence-electron chi connectivity index (χ2n) is 5.79. The first-order valence-corrected chi connectivity index (χ1v) is 7.83. The average Bonchev–Trinajstić information content (AvgIpc) is 2.49. The quantitative estimate of drug-likeness (QED) is 0.667. The molecule has 0 spiro atoms. The van der Waals surface area contributed by atoms with Crippen molar-refractivity contribution in [2.75, 3.05) is 6.61 Å². The Balaban J connectivity index is 2.36. The molecule has 2 rings (SSSR count). The van der Waals surface area contributed by atoms with Gasteiger partial charge in [0.15, 0.2) is 5.78 Å². The molecule has 0 fully saturated rings. The van der Waals surface area contributed by atoms with E-state index in [1.54, 1.807) is 26.0 Å². The van der Waals surface area contributed by atoms with Crippen LogP contribution in [-0.4, -0.2) is 29.1 Å². The van der Waals surface area contributed by atoms with Gasteiger partial charge in [0.05, 0.1) is 18.6 Å². The Bertz CT molecular complexity index is 647. The number of phenols is 1. The van der Waals surface area contributed by atoms with Crippen LogP contribution < -0.4 is 4.74 Å². The molecule has 1 heterocycles. The lowest BCUT2D eigenvalue weighted by atomic mass is 9.89. The molecule has 23 heavy (non-hydrogen) atoms. The highest BCUT2D eigenvalue weighted by atomic mass is 16.5. The van der Waals surface area contributed by atoms with E-state index in [9.17, 15) is 14.7 Å². The normalized spacial score (nSPS) is 20.2. The van der Waals surface area contributed by atoms with Crippen molar-refractivity contribution in [1.82, 2.24) is 0 Å². The van der Waals surface area contributed by atoms with E-state index >= 15 is 0 Å².